The van der Waals surface area contributed by atoms with Gasteiger partial charge in [0.2, 0.25) is 0 Å². The van der Waals surface area contributed by atoms with Crippen LogP contribution in [0.25, 0.3) is 0 Å². The normalized spacial score (nSPS) is 25.6. The SMILES string of the molecule is O=C1NC2(CCCN([S+](=O)([O-])c3ccccc3)C2)Oc2ccccc21. The quantitative estimate of drug-likeness (QED) is 0.835. The number of carbonyl (C=O) groups excluding carboxylic acids is 1. The Hall–Kier alpha value is -2.22. The smallest absolute Gasteiger partial charge is 0.258 e. The van der Waals surface area contributed by atoms with E-state index in [2.05, 4.69) is 5.32 Å². The molecule has 1 amide bonds. The van der Waals surface area contributed by atoms with Crippen molar-refractivity contribution in [1.29, 1.82) is 0 Å². The van der Waals surface area contributed by atoms with Gasteiger partial charge in [0, 0.05) is 13.0 Å². The number of piperidine rings is 1. The second-order valence-corrected chi connectivity index (χ2v) is 8.24. The molecule has 0 bridgehead atoms. The number of ether oxygens (including phenoxy) is 1. The molecule has 2 heterocycles. The minimum Gasteiger partial charge on any atom is -0.593 e. The second kappa shape index (κ2) is 5.94. The molecule has 130 valence electrons. The standard InChI is InChI=1S/C18H18N2O4S/c21-17-15-9-4-5-10-16(15)24-18(19-17)11-6-12-20(13-18)25(22,23)14-7-2-1-3-8-14/h1-5,7-10H,6,11-13H2,(H-,19,21,22,23). The zero-order valence-electron chi connectivity index (χ0n) is 13.5. The van der Waals surface area contributed by atoms with Crippen molar-refractivity contribution >= 4 is 16.3 Å². The number of hydrogen-bond donors (Lipinski definition) is 1. The summed E-state index contributed by atoms with van der Waals surface area (Å²) in [6, 6.07) is 15.3. The number of nitrogens with one attached hydrogen (secondary N) is 1. The van der Waals surface area contributed by atoms with E-state index < -0.39 is 16.1 Å². The van der Waals surface area contributed by atoms with Gasteiger partial charge in [0.05, 0.1) is 5.56 Å². The third-order valence-corrected chi connectivity index (χ3v) is 6.44. The molecule has 0 aromatic heterocycles. The Morgan fingerprint density at radius 2 is 1.84 bits per heavy atom. The van der Waals surface area contributed by atoms with Crippen molar-refractivity contribution in [3.8, 4) is 5.75 Å². The Bertz CT molecular complexity index is 857. The van der Waals surface area contributed by atoms with E-state index in [0.717, 1.165) is 0 Å². The lowest BCUT2D eigenvalue weighted by Crippen LogP contribution is -2.65. The van der Waals surface area contributed by atoms with E-state index in [1.165, 1.54) is 4.31 Å². The summed E-state index contributed by atoms with van der Waals surface area (Å²) in [5.74, 6) is 0.256. The van der Waals surface area contributed by atoms with E-state index in [-0.39, 0.29) is 17.3 Å². The van der Waals surface area contributed by atoms with E-state index in [1.807, 2.05) is 0 Å². The summed E-state index contributed by atoms with van der Waals surface area (Å²) in [4.78, 5) is 12.7. The summed E-state index contributed by atoms with van der Waals surface area (Å²) < 4.78 is 33.2. The van der Waals surface area contributed by atoms with E-state index in [0.29, 0.717) is 30.7 Å². The Morgan fingerprint density at radius 3 is 2.64 bits per heavy atom. The van der Waals surface area contributed by atoms with Crippen molar-refractivity contribution in [2.45, 2.75) is 23.5 Å². The minimum absolute atomic E-state index is 0.0876. The number of nitrogens with zero attached hydrogens (tertiary/aromatic N) is 1. The number of hydrogen-bond acceptors (Lipinski definition) is 4. The second-order valence-electron chi connectivity index (χ2n) is 6.30. The number of carbonyl (C=O) groups is 1. The molecule has 25 heavy (non-hydrogen) atoms. The molecule has 0 radical (unpaired) electrons. The largest absolute Gasteiger partial charge is 0.593 e. The molecule has 1 spiro atoms. The number of amides is 1. The maximum absolute atomic E-state index is 12.9. The van der Waals surface area contributed by atoms with Gasteiger partial charge in [-0.2, -0.15) is 0 Å². The van der Waals surface area contributed by atoms with Gasteiger partial charge in [0.15, 0.2) is 21.0 Å². The monoisotopic (exact) mass is 358 g/mol. The van der Waals surface area contributed by atoms with Crippen molar-refractivity contribution in [3.05, 3.63) is 60.2 Å². The number of sulfonamides is 1. The first kappa shape index (κ1) is 16.3. The molecule has 6 nitrogen and oxygen atoms in total. The van der Waals surface area contributed by atoms with Crippen LogP contribution < -0.4 is 10.1 Å². The van der Waals surface area contributed by atoms with E-state index >= 15 is 0 Å². The molecule has 4 rings (SSSR count). The fourth-order valence-electron chi connectivity index (χ4n) is 3.37. The van der Waals surface area contributed by atoms with Crippen LogP contribution in [0.5, 0.6) is 5.75 Å². The van der Waals surface area contributed by atoms with Gasteiger partial charge < -0.3 is 14.6 Å². The molecular weight excluding hydrogens is 340 g/mol. The summed E-state index contributed by atoms with van der Waals surface area (Å²) in [7, 11) is -3.63. The van der Waals surface area contributed by atoms with Crippen LogP contribution in [0.4, 0.5) is 0 Å². The summed E-state index contributed by atoms with van der Waals surface area (Å²) in [6.07, 6.45) is 1.17. The average Bonchev–Trinajstić information content (AvgIpc) is 2.62. The zero-order chi connectivity index (χ0) is 17.5. The van der Waals surface area contributed by atoms with Gasteiger partial charge >= 0.3 is 0 Å². The highest BCUT2D eigenvalue weighted by Crippen LogP contribution is 2.35. The molecule has 7 heteroatoms. The molecule has 1 saturated heterocycles. The molecule has 0 aliphatic carbocycles. The van der Waals surface area contributed by atoms with E-state index in [4.69, 9.17) is 4.74 Å². The van der Waals surface area contributed by atoms with E-state index in [9.17, 15) is 13.6 Å². The van der Waals surface area contributed by atoms with Crippen molar-refractivity contribution in [2.24, 2.45) is 0 Å². The summed E-state index contributed by atoms with van der Waals surface area (Å²) >= 11 is 0. The van der Waals surface area contributed by atoms with Crippen molar-refractivity contribution in [1.82, 2.24) is 9.62 Å². The number of benzene rings is 2. The molecule has 2 unspecified atom stereocenters. The lowest BCUT2D eigenvalue weighted by atomic mass is 9.99. The first-order valence-electron chi connectivity index (χ1n) is 8.16. The first-order chi connectivity index (χ1) is 12.0. The van der Waals surface area contributed by atoms with Gasteiger partial charge in [0.25, 0.3) is 5.91 Å². The van der Waals surface area contributed by atoms with Crippen LogP contribution in [0.15, 0.2) is 59.5 Å². The van der Waals surface area contributed by atoms with Gasteiger partial charge in [-0.25, -0.2) is 0 Å². The summed E-state index contributed by atoms with van der Waals surface area (Å²) in [5, 5.41) is 2.87. The van der Waals surface area contributed by atoms with Crippen LogP contribution in [0, 0.1) is 0 Å². The summed E-state index contributed by atoms with van der Waals surface area (Å²) in [6.45, 7) is 0.490. The molecule has 2 aliphatic heterocycles. The van der Waals surface area contributed by atoms with Crippen LogP contribution in [-0.4, -0.2) is 33.6 Å². The maximum Gasteiger partial charge on any atom is 0.258 e. The Morgan fingerprint density at radius 1 is 1.12 bits per heavy atom. The molecule has 2 atom stereocenters. The van der Waals surface area contributed by atoms with Gasteiger partial charge in [0.1, 0.15) is 12.3 Å². The van der Waals surface area contributed by atoms with Gasteiger partial charge in [-0.3, -0.25) is 4.79 Å². The van der Waals surface area contributed by atoms with E-state index in [1.54, 1.807) is 54.6 Å². The Labute approximate surface area is 147 Å². The molecule has 0 saturated carbocycles. The van der Waals surface area contributed by atoms with Gasteiger partial charge in [-0.05, 0) is 30.7 Å². The van der Waals surface area contributed by atoms with Crippen LogP contribution in [0.3, 0.4) is 0 Å². The molecule has 2 aromatic rings. The number of para-hydroxylation sites is 1. The molecule has 2 aromatic carbocycles. The highest BCUT2D eigenvalue weighted by atomic mass is 32.3. The lowest BCUT2D eigenvalue weighted by Gasteiger charge is -2.45. The molecular formula is C18H18N2O4S. The van der Waals surface area contributed by atoms with Crippen LogP contribution >= 0.6 is 0 Å². The maximum atomic E-state index is 12.9. The fraction of sp³-hybridized carbons (Fsp3) is 0.278. The third-order valence-electron chi connectivity index (χ3n) is 4.58. The Kier molecular flexibility index (Phi) is 3.87. The van der Waals surface area contributed by atoms with Crippen molar-refractivity contribution in [3.63, 3.8) is 0 Å². The third kappa shape index (κ3) is 2.84. The number of fused-ring (bicyclic) bond motifs is 1. The van der Waals surface area contributed by atoms with Gasteiger partial charge in [-0.1, -0.05) is 34.5 Å². The Balaban J connectivity index is 1.64. The van der Waals surface area contributed by atoms with Gasteiger partial charge in [-0.15, -0.1) is 4.31 Å². The predicted molar refractivity (Wildman–Crippen MR) is 91.6 cm³/mol. The topological polar surface area (TPSA) is 81.7 Å². The lowest BCUT2D eigenvalue weighted by molar-refractivity contribution is -0.0193. The fourth-order valence-corrected chi connectivity index (χ4v) is 4.92. The molecule has 2 aliphatic rings. The molecule has 1 fully saturated rings. The highest BCUT2D eigenvalue weighted by molar-refractivity contribution is 7.95. The highest BCUT2D eigenvalue weighted by Gasteiger charge is 2.48. The predicted octanol–water partition coefficient (Wildman–Crippen LogP) is 2.20. The number of rotatable bonds is 2. The van der Waals surface area contributed by atoms with Crippen LogP contribution in [0.1, 0.15) is 23.2 Å². The summed E-state index contributed by atoms with van der Waals surface area (Å²) in [5.41, 5.74) is -0.554. The minimum atomic E-state index is -3.63. The van der Waals surface area contributed by atoms with Crippen LogP contribution in [0.2, 0.25) is 0 Å². The zero-order valence-corrected chi connectivity index (χ0v) is 14.3. The first-order valence-corrected chi connectivity index (χ1v) is 9.60. The van der Waals surface area contributed by atoms with Crippen molar-refractivity contribution < 1.29 is 18.3 Å². The molecule has 1 N–H and O–H groups in total. The van der Waals surface area contributed by atoms with Crippen molar-refractivity contribution in [2.75, 3.05) is 13.1 Å². The average molecular weight is 358 g/mol. The van der Waals surface area contributed by atoms with Crippen LogP contribution in [-0.2, 0) is 14.6 Å².